The molecule has 0 saturated carbocycles. The van der Waals surface area contributed by atoms with Gasteiger partial charge in [0.15, 0.2) is 0 Å². The molecule has 0 bridgehead atoms. The second-order valence-electron chi connectivity index (χ2n) is 11.7. The number of nitriles is 1. The first-order chi connectivity index (χ1) is 18.1. The molecule has 0 aliphatic heterocycles. The average molecular weight is 497 g/mol. The Kier molecular flexibility index (Phi) is 5.30. The SMILES string of the molecule is CC(C)(C)c1cnc(-c2cccc3c2C(C)(C)c2c-3ccc(C#N)c2-c2ccc3ccccc3c2)cc1F. The third-order valence-corrected chi connectivity index (χ3v) is 7.91. The van der Waals surface area contributed by atoms with Crippen molar-refractivity contribution in [2.45, 2.75) is 45.4 Å². The van der Waals surface area contributed by atoms with Crippen LogP contribution in [0.1, 0.15) is 56.9 Å². The molecule has 1 aliphatic rings. The lowest BCUT2D eigenvalue weighted by molar-refractivity contribution is 0.520. The standard InChI is InChI=1S/C35H29FN2/c1-34(2,3)28-20-38-30(18-29(28)36)27-12-8-11-25-26-16-15-24(19-37)31(33(26)35(4,5)32(25)27)23-14-13-21-9-6-7-10-22(21)17-23/h6-18,20H,1-5H3. The molecule has 0 spiro atoms. The van der Waals surface area contributed by atoms with Gasteiger partial charge in [-0.1, -0.05) is 95.3 Å². The maximum absolute atomic E-state index is 15.3. The second kappa shape index (κ2) is 8.36. The quantitative estimate of drug-likeness (QED) is 0.244. The van der Waals surface area contributed by atoms with E-state index in [0.29, 0.717) is 16.8 Å². The maximum atomic E-state index is 15.3. The molecule has 1 aromatic heterocycles. The lowest BCUT2D eigenvalue weighted by Crippen LogP contribution is -2.18. The van der Waals surface area contributed by atoms with Crippen molar-refractivity contribution in [3.8, 4) is 39.6 Å². The number of aromatic nitrogens is 1. The lowest BCUT2D eigenvalue weighted by atomic mass is 9.75. The molecule has 0 amide bonds. The molecule has 0 atom stereocenters. The number of benzene rings is 4. The number of nitrogens with zero attached hydrogens (tertiary/aromatic N) is 2. The number of rotatable bonds is 2. The minimum absolute atomic E-state index is 0.239. The summed E-state index contributed by atoms with van der Waals surface area (Å²) in [4.78, 5) is 4.74. The van der Waals surface area contributed by atoms with Crippen molar-refractivity contribution in [3.63, 3.8) is 0 Å². The smallest absolute Gasteiger partial charge is 0.130 e. The molecule has 38 heavy (non-hydrogen) atoms. The fourth-order valence-corrected chi connectivity index (χ4v) is 6.13. The zero-order valence-corrected chi connectivity index (χ0v) is 22.4. The fourth-order valence-electron chi connectivity index (χ4n) is 6.13. The number of halogens is 1. The van der Waals surface area contributed by atoms with E-state index in [1.807, 2.05) is 51.1 Å². The zero-order valence-electron chi connectivity index (χ0n) is 22.4. The van der Waals surface area contributed by atoms with E-state index in [1.165, 1.54) is 5.39 Å². The highest BCUT2D eigenvalue weighted by Crippen LogP contribution is 2.55. The van der Waals surface area contributed by atoms with Gasteiger partial charge in [-0.05, 0) is 56.1 Å². The predicted octanol–water partition coefficient (Wildman–Crippen LogP) is 9.18. The maximum Gasteiger partial charge on any atom is 0.130 e. The van der Waals surface area contributed by atoms with Crippen LogP contribution in [0.5, 0.6) is 0 Å². The van der Waals surface area contributed by atoms with E-state index in [2.05, 4.69) is 62.4 Å². The van der Waals surface area contributed by atoms with Crippen LogP contribution in [0, 0.1) is 17.1 Å². The molecule has 1 heterocycles. The molecule has 186 valence electrons. The van der Waals surface area contributed by atoms with Gasteiger partial charge in [0.2, 0.25) is 0 Å². The van der Waals surface area contributed by atoms with Crippen LogP contribution in [0.3, 0.4) is 0 Å². The van der Waals surface area contributed by atoms with Gasteiger partial charge in [0.05, 0.1) is 17.3 Å². The number of hydrogen-bond acceptors (Lipinski definition) is 2. The second-order valence-corrected chi connectivity index (χ2v) is 11.7. The van der Waals surface area contributed by atoms with Crippen LogP contribution in [0.4, 0.5) is 4.39 Å². The van der Waals surface area contributed by atoms with Crippen LogP contribution in [-0.4, -0.2) is 4.98 Å². The monoisotopic (exact) mass is 496 g/mol. The first kappa shape index (κ1) is 24.1. The molecule has 5 aromatic rings. The van der Waals surface area contributed by atoms with Gasteiger partial charge in [0, 0.05) is 34.4 Å². The molecule has 0 N–H and O–H groups in total. The first-order valence-corrected chi connectivity index (χ1v) is 13.0. The van der Waals surface area contributed by atoms with Gasteiger partial charge < -0.3 is 0 Å². The molecule has 0 radical (unpaired) electrons. The van der Waals surface area contributed by atoms with Gasteiger partial charge in [-0.2, -0.15) is 5.26 Å². The van der Waals surface area contributed by atoms with Crippen molar-refractivity contribution in [1.82, 2.24) is 4.98 Å². The summed E-state index contributed by atoms with van der Waals surface area (Å²) in [7, 11) is 0. The zero-order chi connectivity index (χ0) is 26.8. The number of pyridine rings is 1. The van der Waals surface area contributed by atoms with Crippen LogP contribution in [0.2, 0.25) is 0 Å². The van der Waals surface area contributed by atoms with Crippen LogP contribution in [0.25, 0.3) is 44.3 Å². The van der Waals surface area contributed by atoms with Gasteiger partial charge in [-0.15, -0.1) is 0 Å². The first-order valence-electron chi connectivity index (χ1n) is 13.0. The van der Waals surface area contributed by atoms with E-state index >= 15 is 4.39 Å². The number of hydrogen-bond donors (Lipinski definition) is 0. The summed E-state index contributed by atoms with van der Waals surface area (Å²) in [6, 6.07) is 28.9. The summed E-state index contributed by atoms with van der Waals surface area (Å²) >= 11 is 0. The molecule has 6 rings (SSSR count). The van der Waals surface area contributed by atoms with Crippen LogP contribution >= 0.6 is 0 Å². The summed E-state index contributed by atoms with van der Waals surface area (Å²) in [5.74, 6) is -0.239. The molecule has 0 unspecified atom stereocenters. The Hall–Kier alpha value is -4.29. The molecule has 2 nitrogen and oxygen atoms in total. The Bertz CT molecular complexity index is 1800. The van der Waals surface area contributed by atoms with Crippen molar-refractivity contribution in [3.05, 3.63) is 113 Å². The Balaban J connectivity index is 1.60. The summed E-state index contributed by atoms with van der Waals surface area (Å²) in [5, 5.41) is 12.5. The van der Waals surface area contributed by atoms with Crippen molar-refractivity contribution in [2.24, 2.45) is 0 Å². The van der Waals surface area contributed by atoms with Crippen molar-refractivity contribution >= 4 is 10.8 Å². The minimum Gasteiger partial charge on any atom is -0.256 e. The summed E-state index contributed by atoms with van der Waals surface area (Å²) in [6.45, 7) is 10.4. The molecular weight excluding hydrogens is 467 g/mol. The van der Waals surface area contributed by atoms with Gasteiger partial charge in [0.25, 0.3) is 0 Å². The Morgan fingerprint density at radius 3 is 2.21 bits per heavy atom. The van der Waals surface area contributed by atoms with Crippen molar-refractivity contribution in [2.75, 3.05) is 0 Å². The highest BCUT2D eigenvalue weighted by molar-refractivity contribution is 5.96. The number of fused-ring (bicyclic) bond motifs is 4. The molecule has 0 fully saturated rings. The summed E-state index contributed by atoms with van der Waals surface area (Å²) in [5.41, 5.74) is 8.49. The largest absolute Gasteiger partial charge is 0.256 e. The Labute approximate surface area is 223 Å². The molecular formula is C35H29FN2. The van der Waals surface area contributed by atoms with Gasteiger partial charge >= 0.3 is 0 Å². The minimum atomic E-state index is -0.435. The average Bonchev–Trinajstić information content (AvgIpc) is 3.14. The van der Waals surface area contributed by atoms with Crippen LogP contribution in [-0.2, 0) is 10.8 Å². The fraction of sp³-hybridized carbons (Fsp3) is 0.200. The summed E-state index contributed by atoms with van der Waals surface area (Å²) in [6.07, 6.45) is 1.67. The van der Waals surface area contributed by atoms with Crippen molar-refractivity contribution in [1.29, 1.82) is 5.26 Å². The van der Waals surface area contributed by atoms with E-state index in [1.54, 1.807) is 12.3 Å². The van der Waals surface area contributed by atoms with E-state index in [0.717, 1.165) is 44.3 Å². The normalized spacial score (nSPS) is 13.7. The van der Waals surface area contributed by atoms with Crippen LogP contribution in [0.15, 0.2) is 85.1 Å². The molecule has 1 aliphatic carbocycles. The molecule has 0 saturated heterocycles. The third-order valence-electron chi connectivity index (χ3n) is 7.91. The Morgan fingerprint density at radius 2 is 1.50 bits per heavy atom. The topological polar surface area (TPSA) is 36.7 Å². The van der Waals surface area contributed by atoms with E-state index in [9.17, 15) is 5.26 Å². The molecule has 3 heteroatoms. The van der Waals surface area contributed by atoms with Crippen molar-refractivity contribution < 1.29 is 4.39 Å². The highest BCUT2D eigenvalue weighted by atomic mass is 19.1. The third kappa shape index (κ3) is 3.56. The highest BCUT2D eigenvalue weighted by Gasteiger charge is 2.40. The lowest BCUT2D eigenvalue weighted by Gasteiger charge is -2.27. The van der Waals surface area contributed by atoms with Crippen LogP contribution < -0.4 is 0 Å². The predicted molar refractivity (Wildman–Crippen MR) is 154 cm³/mol. The van der Waals surface area contributed by atoms with E-state index < -0.39 is 5.41 Å². The van der Waals surface area contributed by atoms with E-state index in [-0.39, 0.29) is 11.2 Å². The van der Waals surface area contributed by atoms with Gasteiger partial charge in [0.1, 0.15) is 5.82 Å². The summed E-state index contributed by atoms with van der Waals surface area (Å²) < 4.78 is 15.3. The molecule has 4 aromatic carbocycles. The Morgan fingerprint density at radius 1 is 0.789 bits per heavy atom. The van der Waals surface area contributed by atoms with E-state index in [4.69, 9.17) is 4.98 Å². The van der Waals surface area contributed by atoms with Gasteiger partial charge in [-0.25, -0.2) is 4.39 Å². The van der Waals surface area contributed by atoms with Gasteiger partial charge in [-0.3, -0.25) is 4.98 Å².